The van der Waals surface area contributed by atoms with Crippen molar-refractivity contribution in [3.05, 3.63) is 174 Å². The number of Topliss-reactive ketones (excluding diaryl/α,β-unsaturated/α-hetero) is 1. The van der Waals surface area contributed by atoms with Crippen LogP contribution in [0.1, 0.15) is 66.5 Å². The maximum Gasteiger partial charge on any atom is 0.501 e. The number of non-ortho nitro benzene ring substituents is 2. The number of amides is 2. The fourth-order valence-corrected chi connectivity index (χ4v) is 14.7. The molecule has 0 saturated carbocycles. The van der Waals surface area contributed by atoms with E-state index in [1.54, 1.807) is 12.1 Å². The molecular weight excluding hydrogens is 1140 g/mol. The predicted molar refractivity (Wildman–Crippen MR) is 274 cm³/mol. The number of ketones is 1. The molecule has 414 valence electrons. The van der Waals surface area contributed by atoms with Gasteiger partial charge in [-0.3, -0.25) is 34.6 Å². The minimum Gasteiger partial charge on any atom is -0.382 e. The Morgan fingerprint density at radius 1 is 0.615 bits per heavy atom. The van der Waals surface area contributed by atoms with Crippen LogP contribution in [0, 0.1) is 37.8 Å². The number of carbonyl (C=O) groups excluding carboxylic acids is 3. The van der Waals surface area contributed by atoms with Gasteiger partial charge >= 0.3 is 5.51 Å². The lowest BCUT2D eigenvalue weighted by molar-refractivity contribution is -0.385. The zero-order chi connectivity index (χ0) is 56.7. The molecule has 0 bridgehead atoms. The third-order valence-electron chi connectivity index (χ3n) is 12.3. The van der Waals surface area contributed by atoms with E-state index >= 15 is 0 Å². The van der Waals surface area contributed by atoms with Gasteiger partial charge in [-0.1, -0.05) is 6.07 Å². The molecule has 8 rings (SSSR count). The van der Waals surface area contributed by atoms with Crippen molar-refractivity contribution in [3.63, 3.8) is 0 Å². The standard InChI is InChI=1S/C24H23F3N4O7S3.C24H21F2N3O6S2/c25-24(26,27)40(35,36)21-3-1-2-18(14-21)29-17-10-12-30(13-11-17)41(37,38)22-9-8-20(39-22)15-28-23(32)16-4-6-19(7-5-16)31(33)34;25-17-3-7-20(21(26)13-17)23(30)15-9-11-28(12-10-15)37(34,35)22-8-6-19(36-22)14-27-24(31)16-1-4-18(5-2-16)29(32)33/h1-9,14,17,29H,10-13,15H2,(H,28,32);1-8,13,15H,9-12,14H2,(H,27,31). The maximum absolute atomic E-state index is 14.0. The van der Waals surface area contributed by atoms with Crippen molar-refractivity contribution in [2.75, 3.05) is 31.5 Å². The van der Waals surface area contributed by atoms with Crippen molar-refractivity contribution in [1.82, 2.24) is 19.2 Å². The van der Waals surface area contributed by atoms with Gasteiger partial charge < -0.3 is 16.0 Å². The lowest BCUT2D eigenvalue weighted by Gasteiger charge is -2.31. The second-order valence-corrected chi connectivity index (χ2v) is 26.0. The quantitative estimate of drug-likeness (QED) is 0.0335. The number of nitro benzene ring substituents is 2. The van der Waals surface area contributed by atoms with Crippen molar-refractivity contribution in [2.24, 2.45) is 5.92 Å². The molecule has 3 N–H and O–H groups in total. The van der Waals surface area contributed by atoms with Gasteiger partial charge in [0.15, 0.2) is 5.78 Å². The molecule has 0 spiro atoms. The van der Waals surface area contributed by atoms with Crippen LogP contribution < -0.4 is 16.0 Å². The highest BCUT2D eigenvalue weighted by molar-refractivity contribution is 7.92. The molecule has 4 heterocycles. The van der Waals surface area contributed by atoms with Gasteiger partial charge in [0.25, 0.3) is 53.1 Å². The van der Waals surface area contributed by atoms with Gasteiger partial charge in [-0.25, -0.2) is 34.0 Å². The number of halogens is 5. The van der Waals surface area contributed by atoms with E-state index in [0.717, 1.165) is 46.9 Å². The van der Waals surface area contributed by atoms with Crippen molar-refractivity contribution >= 4 is 87.2 Å². The molecule has 0 atom stereocenters. The molecule has 30 heteroatoms. The van der Waals surface area contributed by atoms with Gasteiger partial charge in [0.1, 0.15) is 20.1 Å². The van der Waals surface area contributed by atoms with Gasteiger partial charge in [-0.15, -0.1) is 22.7 Å². The molecule has 0 aliphatic carbocycles. The summed E-state index contributed by atoms with van der Waals surface area (Å²) in [6.07, 6.45) is 1.08. The summed E-state index contributed by atoms with van der Waals surface area (Å²) in [4.78, 5) is 57.9. The third kappa shape index (κ3) is 14.0. The summed E-state index contributed by atoms with van der Waals surface area (Å²) in [7, 11) is -13.2. The molecule has 2 fully saturated rings. The molecule has 2 amide bonds. The largest absolute Gasteiger partial charge is 0.501 e. The zero-order valence-corrected chi connectivity index (χ0v) is 44.3. The van der Waals surface area contributed by atoms with Crippen molar-refractivity contribution in [3.8, 4) is 0 Å². The van der Waals surface area contributed by atoms with Crippen LogP contribution in [-0.4, -0.2) is 99.0 Å². The SMILES string of the molecule is O=C(NCc1ccc(S(=O)(=O)N2CCC(C(=O)c3ccc(F)cc3F)CC2)s1)c1ccc([N+](=O)[O-])cc1.O=C(NCc1ccc(S(=O)(=O)N2CCC(Nc3cccc(S(=O)(=O)C(F)(F)F)c3)CC2)s1)c1ccc([N+](=O)[O-])cc1. The molecule has 2 aliphatic heterocycles. The second kappa shape index (κ2) is 24.3. The lowest BCUT2D eigenvalue weighted by atomic mass is 9.89. The number of nitrogens with zero attached hydrogens (tertiary/aromatic N) is 4. The summed E-state index contributed by atoms with van der Waals surface area (Å²) in [6, 6.07) is 23.0. The second-order valence-electron chi connectivity index (χ2n) is 17.4. The summed E-state index contributed by atoms with van der Waals surface area (Å²) in [5, 5.41) is 29.8. The number of piperidine rings is 2. The van der Waals surface area contributed by atoms with Crippen molar-refractivity contribution in [1.29, 1.82) is 0 Å². The smallest absolute Gasteiger partial charge is 0.382 e. The van der Waals surface area contributed by atoms with E-state index in [1.165, 1.54) is 81.4 Å². The van der Waals surface area contributed by atoms with Gasteiger partial charge in [0.2, 0.25) is 0 Å². The van der Waals surface area contributed by atoms with Crippen LogP contribution in [0.5, 0.6) is 0 Å². The minimum atomic E-state index is -5.50. The number of hydrogen-bond donors (Lipinski definition) is 3. The summed E-state index contributed by atoms with van der Waals surface area (Å²) < 4.78 is 144. The Hall–Kier alpha value is -7.09. The molecular formula is C48H44F5N7O13S5. The first-order valence-corrected chi connectivity index (χ1v) is 29.1. The zero-order valence-electron chi connectivity index (χ0n) is 40.2. The Labute approximate surface area is 450 Å². The average Bonchev–Trinajstić information content (AvgIpc) is 4.19. The molecule has 0 unspecified atom stereocenters. The fourth-order valence-electron chi connectivity index (χ4n) is 8.08. The van der Waals surface area contributed by atoms with Gasteiger partial charge in [-0.2, -0.15) is 21.8 Å². The maximum atomic E-state index is 14.0. The lowest BCUT2D eigenvalue weighted by Crippen LogP contribution is -2.42. The highest BCUT2D eigenvalue weighted by atomic mass is 32.3. The number of thiophene rings is 2. The molecule has 2 aliphatic rings. The molecule has 20 nitrogen and oxygen atoms in total. The van der Waals surface area contributed by atoms with Crippen LogP contribution in [0.2, 0.25) is 0 Å². The molecule has 4 aromatic carbocycles. The first-order valence-electron chi connectivity index (χ1n) is 23.1. The van der Waals surface area contributed by atoms with Gasteiger partial charge in [0.05, 0.1) is 33.4 Å². The number of nitro groups is 2. The van der Waals surface area contributed by atoms with E-state index in [2.05, 4.69) is 16.0 Å². The Morgan fingerprint density at radius 2 is 1.08 bits per heavy atom. The summed E-state index contributed by atoms with van der Waals surface area (Å²) in [5.74, 6) is -3.70. The number of sulfonamides is 2. The fraction of sp³-hybridized carbons (Fsp3) is 0.271. The van der Waals surface area contributed by atoms with E-state index in [1.807, 2.05) is 0 Å². The molecule has 6 aromatic rings. The van der Waals surface area contributed by atoms with Crippen LogP contribution in [0.3, 0.4) is 0 Å². The molecule has 0 radical (unpaired) electrons. The Balaban J connectivity index is 0.000000227. The first kappa shape index (κ1) is 58.6. The first-order chi connectivity index (χ1) is 36.7. The van der Waals surface area contributed by atoms with E-state index in [4.69, 9.17) is 0 Å². The number of rotatable bonds is 17. The average molecular weight is 1180 g/mol. The minimum absolute atomic E-state index is 0.0468. The molecule has 2 aromatic heterocycles. The number of carbonyl (C=O) groups is 3. The van der Waals surface area contributed by atoms with E-state index < -0.39 is 85.3 Å². The number of hydrogen-bond acceptors (Lipinski definition) is 16. The Kier molecular flexibility index (Phi) is 18.2. The normalized spacial score (nSPS) is 15.1. The van der Waals surface area contributed by atoms with Crippen LogP contribution >= 0.6 is 22.7 Å². The summed E-state index contributed by atoms with van der Waals surface area (Å²) in [5.41, 5.74) is -5.30. The summed E-state index contributed by atoms with van der Waals surface area (Å²) in [6.45, 7) is 0.521. The van der Waals surface area contributed by atoms with Crippen LogP contribution in [0.25, 0.3) is 0 Å². The Bertz CT molecular complexity index is 3570. The molecule has 2 saturated heterocycles. The number of sulfone groups is 1. The number of benzene rings is 4. The highest BCUT2D eigenvalue weighted by Gasteiger charge is 2.47. The topological polar surface area (TPSA) is 282 Å². The summed E-state index contributed by atoms with van der Waals surface area (Å²) >= 11 is 1.99. The third-order valence-corrected chi connectivity index (χ3v) is 20.7. The number of anilines is 1. The van der Waals surface area contributed by atoms with Crippen molar-refractivity contribution < 1.29 is 71.4 Å². The van der Waals surface area contributed by atoms with Gasteiger partial charge in [0, 0.05) is 95.0 Å². The van der Waals surface area contributed by atoms with Crippen LogP contribution in [0.4, 0.5) is 39.0 Å². The Morgan fingerprint density at radius 3 is 1.51 bits per heavy atom. The number of nitrogens with one attached hydrogen (secondary N) is 3. The van der Waals surface area contributed by atoms with E-state index in [-0.39, 0.29) is 100 Å². The van der Waals surface area contributed by atoms with E-state index in [9.17, 15) is 81.8 Å². The molecule has 78 heavy (non-hydrogen) atoms. The van der Waals surface area contributed by atoms with E-state index in [0.29, 0.717) is 28.7 Å². The highest BCUT2D eigenvalue weighted by Crippen LogP contribution is 2.34. The van der Waals surface area contributed by atoms with Crippen molar-refractivity contribution in [2.45, 2.75) is 63.6 Å². The van der Waals surface area contributed by atoms with Crippen LogP contribution in [-0.2, 0) is 43.0 Å². The number of alkyl halides is 3. The van der Waals surface area contributed by atoms with Crippen LogP contribution in [0.15, 0.2) is 129 Å². The monoisotopic (exact) mass is 1180 g/mol. The predicted octanol–water partition coefficient (Wildman–Crippen LogP) is 8.29. The van der Waals surface area contributed by atoms with Gasteiger partial charge in [-0.05, 0) is 105 Å².